The van der Waals surface area contributed by atoms with E-state index in [2.05, 4.69) is 13.8 Å². The van der Waals surface area contributed by atoms with E-state index in [0.717, 1.165) is 44.8 Å². The summed E-state index contributed by atoms with van der Waals surface area (Å²) in [7, 11) is 3.69. The lowest BCUT2D eigenvalue weighted by Gasteiger charge is -2.42. The molecule has 102 valence electrons. The van der Waals surface area contributed by atoms with Crippen molar-refractivity contribution in [3.63, 3.8) is 0 Å². The number of aliphatic hydroxyl groups is 1. The van der Waals surface area contributed by atoms with Gasteiger partial charge in [0.15, 0.2) is 11.8 Å². The number of rotatable bonds is 10. The topological polar surface area (TPSA) is 46.5 Å². The van der Waals surface area contributed by atoms with Crippen molar-refractivity contribution in [3.05, 3.63) is 0 Å². The summed E-state index contributed by atoms with van der Waals surface area (Å²) in [5.41, 5.74) is -0.533. The maximum absolute atomic E-state index is 11.6. The summed E-state index contributed by atoms with van der Waals surface area (Å²) in [4.78, 5) is 16.9. The molecular weight excluding hydrogens is 218 g/mol. The summed E-state index contributed by atoms with van der Waals surface area (Å²) in [6, 6.07) is 0. The second-order valence-electron chi connectivity index (χ2n) is 5.04. The number of hydrogen-bond donors (Lipinski definition) is 1. The van der Waals surface area contributed by atoms with E-state index in [0.29, 0.717) is 0 Å². The molecule has 0 atom stereocenters. The lowest BCUT2D eigenvalue weighted by atomic mass is 9.87. The lowest BCUT2D eigenvalue weighted by Crippen LogP contribution is -2.60. The van der Waals surface area contributed by atoms with Gasteiger partial charge >= 0.3 is 0 Å². The molecule has 4 heteroatoms. The molecule has 0 unspecified atom stereocenters. The monoisotopic (exact) mass is 246 g/mol. The van der Waals surface area contributed by atoms with E-state index in [1.54, 1.807) is 0 Å². The summed E-state index contributed by atoms with van der Waals surface area (Å²) >= 11 is 0. The fourth-order valence-electron chi connectivity index (χ4n) is 2.15. The molecule has 0 aliphatic rings. The predicted octanol–water partition coefficient (Wildman–Crippen LogP) is 2.26. The molecule has 0 amide bonds. The number of likely N-dealkylation sites (N-methyl/N-ethyl adjacent to an activating group) is 1. The van der Waals surface area contributed by atoms with Crippen molar-refractivity contribution < 1.29 is 19.4 Å². The van der Waals surface area contributed by atoms with Crippen molar-refractivity contribution in [3.8, 4) is 0 Å². The molecule has 0 heterocycles. The molecule has 0 aromatic carbocycles. The van der Waals surface area contributed by atoms with Gasteiger partial charge in [0.2, 0.25) is 6.79 Å². The molecule has 0 aliphatic carbocycles. The van der Waals surface area contributed by atoms with Gasteiger partial charge in [-0.3, -0.25) is 4.79 Å². The summed E-state index contributed by atoms with van der Waals surface area (Å²) < 4.78 is 0.104. The van der Waals surface area contributed by atoms with Crippen LogP contribution in [-0.2, 0) is 9.63 Å². The van der Waals surface area contributed by atoms with Crippen LogP contribution in [-0.4, -0.2) is 42.5 Å². The Balaban J connectivity index is 4.93. The zero-order valence-electron chi connectivity index (χ0n) is 11.7. The predicted molar refractivity (Wildman–Crippen MR) is 68.1 cm³/mol. The van der Waals surface area contributed by atoms with Crippen molar-refractivity contribution >= 4 is 6.29 Å². The maximum Gasteiger partial charge on any atom is 0.202 e. The summed E-state index contributed by atoms with van der Waals surface area (Å²) in [6.07, 6.45) is 6.74. The van der Waals surface area contributed by atoms with Crippen LogP contribution in [0, 0.1) is 0 Å². The number of hydrogen-bond acceptors (Lipinski definition) is 3. The average Bonchev–Trinajstić information content (AvgIpc) is 2.29. The molecule has 0 fully saturated rings. The van der Waals surface area contributed by atoms with Gasteiger partial charge in [0, 0.05) is 12.8 Å². The van der Waals surface area contributed by atoms with Gasteiger partial charge in [-0.15, -0.1) is 0 Å². The summed E-state index contributed by atoms with van der Waals surface area (Å²) in [5, 5.41) is 8.96. The maximum atomic E-state index is 11.6. The van der Waals surface area contributed by atoms with Crippen molar-refractivity contribution in [2.45, 2.75) is 57.9 Å². The Morgan fingerprint density at radius 3 is 1.94 bits per heavy atom. The van der Waals surface area contributed by atoms with Crippen LogP contribution in [0.25, 0.3) is 0 Å². The van der Waals surface area contributed by atoms with Crippen molar-refractivity contribution in [1.29, 1.82) is 0 Å². The molecular formula is C13H28NO3+. The number of aldehydes is 1. The Kier molecular flexibility index (Phi) is 7.59. The van der Waals surface area contributed by atoms with Gasteiger partial charge in [0.05, 0.1) is 14.1 Å². The normalized spacial score (nSPS) is 12.8. The first kappa shape index (κ1) is 16.6. The number of aliphatic hydroxyl groups excluding tert-OH is 1. The first-order valence-electron chi connectivity index (χ1n) is 6.55. The molecule has 0 aliphatic heterocycles. The van der Waals surface area contributed by atoms with E-state index in [-0.39, 0.29) is 11.4 Å². The van der Waals surface area contributed by atoms with Crippen LogP contribution in [0.3, 0.4) is 0 Å². The fraction of sp³-hybridized carbons (Fsp3) is 0.923. The summed E-state index contributed by atoms with van der Waals surface area (Å²) in [6.45, 7) is 3.87. The van der Waals surface area contributed by atoms with E-state index in [1.807, 2.05) is 14.1 Å². The Morgan fingerprint density at radius 2 is 1.65 bits per heavy atom. The minimum Gasteiger partial charge on any atom is -0.366 e. The van der Waals surface area contributed by atoms with Crippen LogP contribution < -0.4 is 0 Å². The largest absolute Gasteiger partial charge is 0.366 e. The second-order valence-corrected chi connectivity index (χ2v) is 5.04. The number of carbonyl (C=O) groups is 1. The molecule has 0 saturated carbocycles. The zero-order chi connectivity index (χ0) is 13.4. The van der Waals surface area contributed by atoms with Gasteiger partial charge in [-0.25, -0.2) is 0 Å². The quantitative estimate of drug-likeness (QED) is 0.278. The van der Waals surface area contributed by atoms with Gasteiger partial charge < -0.3 is 5.11 Å². The van der Waals surface area contributed by atoms with E-state index in [1.165, 1.54) is 0 Å². The Bertz CT molecular complexity index is 209. The molecule has 0 saturated heterocycles. The molecule has 1 N–H and O–H groups in total. The average molecular weight is 246 g/mol. The standard InChI is InChI=1S/C13H28NO3/c1-5-7-9-13(11-15,10-8-6-2)14(3,4)17-12-16/h11,16H,5-10,12H2,1-4H3/q+1. The number of carbonyl (C=O) groups excluding carboxylic acids is 1. The number of hydroxylamine groups is 3. The highest BCUT2D eigenvalue weighted by atomic mass is 16.8. The molecule has 0 aromatic rings. The van der Waals surface area contributed by atoms with Crippen LogP contribution in [0.4, 0.5) is 0 Å². The van der Waals surface area contributed by atoms with E-state index >= 15 is 0 Å². The van der Waals surface area contributed by atoms with Crippen molar-refractivity contribution in [2.24, 2.45) is 0 Å². The van der Waals surface area contributed by atoms with Gasteiger partial charge in [-0.1, -0.05) is 26.7 Å². The number of quaternary nitrogens is 1. The van der Waals surface area contributed by atoms with Crippen molar-refractivity contribution in [1.82, 2.24) is 0 Å². The molecule has 0 rings (SSSR count). The second kappa shape index (κ2) is 7.80. The first-order chi connectivity index (χ1) is 7.99. The van der Waals surface area contributed by atoms with Crippen LogP contribution in [0.5, 0.6) is 0 Å². The van der Waals surface area contributed by atoms with Crippen LogP contribution in [0.2, 0.25) is 0 Å². The summed E-state index contributed by atoms with van der Waals surface area (Å²) in [5.74, 6) is 0. The van der Waals surface area contributed by atoms with Gasteiger partial charge in [0.1, 0.15) is 0 Å². The van der Waals surface area contributed by atoms with E-state index in [4.69, 9.17) is 9.94 Å². The third-order valence-electron chi connectivity index (χ3n) is 3.60. The van der Waals surface area contributed by atoms with Crippen LogP contribution in [0.1, 0.15) is 52.4 Å². The SMILES string of the molecule is CCCCC(C=O)(CCCC)[N+](C)(C)OCO. The molecule has 4 nitrogen and oxygen atoms in total. The van der Waals surface area contributed by atoms with Crippen LogP contribution in [0.15, 0.2) is 0 Å². The Labute approximate surface area is 105 Å². The molecule has 0 spiro atoms. The molecule has 17 heavy (non-hydrogen) atoms. The molecule has 0 aromatic heterocycles. The Morgan fingerprint density at radius 1 is 1.18 bits per heavy atom. The van der Waals surface area contributed by atoms with Crippen LogP contribution >= 0.6 is 0 Å². The third kappa shape index (κ3) is 4.37. The third-order valence-corrected chi connectivity index (χ3v) is 3.60. The lowest BCUT2D eigenvalue weighted by molar-refractivity contribution is -1.11. The minimum atomic E-state index is -0.533. The van der Waals surface area contributed by atoms with Gasteiger partial charge in [0.25, 0.3) is 0 Å². The fourth-order valence-corrected chi connectivity index (χ4v) is 2.15. The Hall–Kier alpha value is -0.450. The van der Waals surface area contributed by atoms with Crippen molar-refractivity contribution in [2.75, 3.05) is 20.9 Å². The number of unbranched alkanes of at least 4 members (excludes halogenated alkanes) is 2. The minimum absolute atomic E-state index is 0.104. The van der Waals surface area contributed by atoms with Gasteiger partial charge in [-0.2, -0.15) is 9.48 Å². The zero-order valence-corrected chi connectivity index (χ0v) is 11.7. The molecule has 0 radical (unpaired) electrons. The smallest absolute Gasteiger partial charge is 0.202 e. The van der Waals surface area contributed by atoms with Gasteiger partial charge in [-0.05, 0) is 12.8 Å². The molecule has 0 bridgehead atoms. The van der Waals surface area contributed by atoms with E-state index in [9.17, 15) is 4.79 Å². The highest BCUT2D eigenvalue weighted by Gasteiger charge is 2.46. The highest BCUT2D eigenvalue weighted by molar-refractivity contribution is 5.62. The first-order valence-corrected chi connectivity index (χ1v) is 6.55. The number of nitrogens with zero attached hydrogens (tertiary/aromatic N) is 1. The van der Waals surface area contributed by atoms with E-state index < -0.39 is 5.54 Å². The highest BCUT2D eigenvalue weighted by Crippen LogP contribution is 2.31.